The van der Waals surface area contributed by atoms with Crippen molar-refractivity contribution >= 4 is 11.9 Å². The molecular weight excluding hydrogens is 348 g/mol. The van der Waals surface area contributed by atoms with Gasteiger partial charge < -0.3 is 9.52 Å². The number of aliphatic hydroxyl groups is 1. The molecular formula is C25H32O3. The molecule has 4 aliphatic rings. The summed E-state index contributed by atoms with van der Waals surface area (Å²) in [5.74, 6) is 3.70. The number of aryl methyl sites for hydroxylation is 1. The SMILES string of the molecule is Cc1ccc(/C=C2\C[C@@H]3[C@@H]4CC=C5C[C@H](O)CC[C@]5(C)[C@@H]4CC[C@]3(C)C2=O)o1. The highest BCUT2D eigenvalue weighted by Crippen LogP contribution is 2.64. The Labute approximate surface area is 167 Å². The van der Waals surface area contributed by atoms with Gasteiger partial charge in [-0.05, 0) is 98.8 Å². The number of fused-ring (bicyclic) bond motifs is 5. The summed E-state index contributed by atoms with van der Waals surface area (Å²) in [5, 5.41) is 10.2. The zero-order valence-electron chi connectivity index (χ0n) is 17.3. The van der Waals surface area contributed by atoms with Gasteiger partial charge in [0.2, 0.25) is 0 Å². The van der Waals surface area contributed by atoms with Gasteiger partial charge in [0, 0.05) is 5.41 Å². The molecule has 150 valence electrons. The highest BCUT2D eigenvalue weighted by molar-refractivity contribution is 6.05. The van der Waals surface area contributed by atoms with E-state index in [1.807, 2.05) is 25.1 Å². The molecule has 0 aromatic carbocycles. The number of carbonyl (C=O) groups is 1. The van der Waals surface area contributed by atoms with E-state index in [0.717, 1.165) is 62.0 Å². The number of hydrogen-bond acceptors (Lipinski definition) is 3. The number of Topliss-reactive ketones (excluding diaryl/α,β-unsaturated/α-hetero) is 1. The Bertz CT molecular complexity index is 874. The third-order valence-corrected chi connectivity index (χ3v) is 8.80. The number of hydrogen-bond donors (Lipinski definition) is 1. The van der Waals surface area contributed by atoms with E-state index in [-0.39, 0.29) is 16.9 Å². The van der Waals surface area contributed by atoms with E-state index in [9.17, 15) is 9.90 Å². The maximum Gasteiger partial charge on any atom is 0.165 e. The fourth-order valence-electron chi connectivity index (χ4n) is 7.14. The molecule has 0 saturated heterocycles. The zero-order valence-corrected chi connectivity index (χ0v) is 17.3. The minimum Gasteiger partial charge on any atom is -0.462 e. The number of aliphatic hydroxyl groups excluding tert-OH is 1. The summed E-state index contributed by atoms with van der Waals surface area (Å²) in [6, 6.07) is 3.93. The third kappa shape index (κ3) is 2.55. The number of furan rings is 1. The lowest BCUT2D eigenvalue weighted by Crippen LogP contribution is -2.50. The van der Waals surface area contributed by atoms with Crippen molar-refractivity contribution in [3.8, 4) is 0 Å². The van der Waals surface area contributed by atoms with Crippen LogP contribution in [0.15, 0.2) is 33.8 Å². The van der Waals surface area contributed by atoms with Crippen LogP contribution >= 0.6 is 0 Å². The Morgan fingerprint density at radius 2 is 1.89 bits per heavy atom. The predicted octanol–water partition coefficient (Wildman–Crippen LogP) is 5.47. The molecule has 1 aromatic heterocycles. The smallest absolute Gasteiger partial charge is 0.165 e. The van der Waals surface area contributed by atoms with Gasteiger partial charge in [-0.3, -0.25) is 4.79 Å². The molecule has 3 nitrogen and oxygen atoms in total. The predicted molar refractivity (Wildman–Crippen MR) is 110 cm³/mol. The summed E-state index contributed by atoms with van der Waals surface area (Å²) in [6.45, 7) is 6.60. The summed E-state index contributed by atoms with van der Waals surface area (Å²) in [4.78, 5) is 13.4. The number of rotatable bonds is 1. The lowest BCUT2D eigenvalue weighted by Gasteiger charge is -2.56. The van der Waals surface area contributed by atoms with Crippen LogP contribution in [0.2, 0.25) is 0 Å². The highest BCUT2D eigenvalue weighted by Gasteiger charge is 2.59. The maximum absolute atomic E-state index is 13.4. The lowest BCUT2D eigenvalue weighted by molar-refractivity contribution is -0.130. The second kappa shape index (κ2) is 6.19. The molecule has 3 heteroatoms. The minimum absolute atomic E-state index is 0.163. The molecule has 3 saturated carbocycles. The van der Waals surface area contributed by atoms with Crippen LogP contribution in [0.1, 0.15) is 70.3 Å². The molecule has 1 aromatic rings. The van der Waals surface area contributed by atoms with Gasteiger partial charge in [0.1, 0.15) is 11.5 Å². The van der Waals surface area contributed by atoms with Crippen molar-refractivity contribution < 1.29 is 14.3 Å². The van der Waals surface area contributed by atoms with Crippen molar-refractivity contribution in [2.75, 3.05) is 0 Å². The second-order valence-corrected chi connectivity index (χ2v) is 10.3. The molecule has 0 aliphatic heterocycles. The van der Waals surface area contributed by atoms with Crippen LogP contribution in [0.5, 0.6) is 0 Å². The van der Waals surface area contributed by atoms with Gasteiger partial charge in [-0.15, -0.1) is 0 Å². The van der Waals surface area contributed by atoms with Crippen LogP contribution in [-0.4, -0.2) is 17.0 Å². The molecule has 1 heterocycles. The fourth-order valence-corrected chi connectivity index (χ4v) is 7.14. The first-order valence-corrected chi connectivity index (χ1v) is 11.0. The Balaban J connectivity index is 1.48. The van der Waals surface area contributed by atoms with Crippen molar-refractivity contribution in [3.05, 3.63) is 40.9 Å². The molecule has 0 unspecified atom stereocenters. The molecule has 0 spiro atoms. The summed E-state index contributed by atoms with van der Waals surface area (Å²) in [6.07, 6.45) is 11.2. The number of carbonyl (C=O) groups excluding carboxylic acids is 1. The van der Waals surface area contributed by atoms with Crippen LogP contribution < -0.4 is 0 Å². The second-order valence-electron chi connectivity index (χ2n) is 10.3. The van der Waals surface area contributed by atoms with Gasteiger partial charge in [-0.2, -0.15) is 0 Å². The molecule has 3 fully saturated rings. The van der Waals surface area contributed by atoms with Crippen molar-refractivity contribution in [3.63, 3.8) is 0 Å². The molecule has 0 bridgehead atoms. The van der Waals surface area contributed by atoms with E-state index in [2.05, 4.69) is 19.9 Å². The Kier molecular flexibility index (Phi) is 4.07. The Morgan fingerprint density at radius 1 is 1.11 bits per heavy atom. The van der Waals surface area contributed by atoms with E-state index in [1.165, 1.54) is 5.57 Å². The summed E-state index contributed by atoms with van der Waals surface area (Å²) < 4.78 is 5.72. The van der Waals surface area contributed by atoms with E-state index in [0.29, 0.717) is 23.5 Å². The first-order chi connectivity index (χ1) is 13.3. The van der Waals surface area contributed by atoms with E-state index in [4.69, 9.17) is 4.42 Å². The molecule has 1 N–H and O–H groups in total. The molecule has 6 atom stereocenters. The number of ketones is 1. The van der Waals surface area contributed by atoms with E-state index in [1.54, 1.807) is 0 Å². The standard InChI is InChI=1S/C25H32O3/c1-15-4-6-19(28-15)12-16-13-22-20-7-5-17-14-18(26)8-10-24(17,2)21(20)9-11-25(22,3)23(16)27/h4-6,12,18,20-22,26H,7-11,13-14H2,1-3H3/b16-12+/t18-,20-,21-,22-,24+,25+/m1/s1. The van der Waals surface area contributed by atoms with Crippen molar-refractivity contribution in [1.82, 2.24) is 0 Å². The fraction of sp³-hybridized carbons (Fsp3) is 0.640. The third-order valence-electron chi connectivity index (χ3n) is 8.80. The number of allylic oxidation sites excluding steroid dienone is 2. The highest BCUT2D eigenvalue weighted by atomic mass is 16.3. The van der Waals surface area contributed by atoms with Gasteiger partial charge >= 0.3 is 0 Å². The zero-order chi connectivity index (χ0) is 19.7. The molecule has 28 heavy (non-hydrogen) atoms. The van der Waals surface area contributed by atoms with Crippen LogP contribution in [0.3, 0.4) is 0 Å². The Morgan fingerprint density at radius 3 is 2.64 bits per heavy atom. The van der Waals surface area contributed by atoms with Gasteiger partial charge in [0.05, 0.1) is 6.10 Å². The average Bonchev–Trinajstić information content (AvgIpc) is 3.18. The van der Waals surface area contributed by atoms with E-state index >= 15 is 0 Å². The van der Waals surface area contributed by atoms with Gasteiger partial charge in [0.15, 0.2) is 5.78 Å². The van der Waals surface area contributed by atoms with Crippen molar-refractivity contribution in [2.24, 2.45) is 28.6 Å². The van der Waals surface area contributed by atoms with Gasteiger partial charge in [0.25, 0.3) is 0 Å². The maximum atomic E-state index is 13.4. The summed E-state index contributed by atoms with van der Waals surface area (Å²) in [7, 11) is 0. The minimum atomic E-state index is -0.218. The molecule has 5 rings (SSSR count). The summed E-state index contributed by atoms with van der Waals surface area (Å²) >= 11 is 0. The summed E-state index contributed by atoms with van der Waals surface area (Å²) in [5.41, 5.74) is 2.45. The van der Waals surface area contributed by atoms with Gasteiger partial charge in [-0.1, -0.05) is 25.5 Å². The first-order valence-electron chi connectivity index (χ1n) is 11.0. The van der Waals surface area contributed by atoms with Crippen molar-refractivity contribution in [2.45, 2.75) is 71.8 Å². The monoisotopic (exact) mass is 380 g/mol. The quantitative estimate of drug-likeness (QED) is 0.519. The van der Waals surface area contributed by atoms with Crippen LogP contribution in [0, 0.1) is 35.5 Å². The average molecular weight is 381 g/mol. The molecule has 0 radical (unpaired) electrons. The van der Waals surface area contributed by atoms with E-state index < -0.39 is 0 Å². The topological polar surface area (TPSA) is 50.4 Å². The largest absolute Gasteiger partial charge is 0.462 e. The Hall–Kier alpha value is -1.61. The van der Waals surface area contributed by atoms with Crippen molar-refractivity contribution in [1.29, 1.82) is 0 Å². The lowest BCUT2D eigenvalue weighted by atomic mass is 9.48. The molecule has 0 amide bonds. The normalized spacial score (nSPS) is 44.1. The van der Waals surface area contributed by atoms with Crippen LogP contribution in [0.25, 0.3) is 6.08 Å². The first kappa shape index (κ1) is 18.4. The molecule has 4 aliphatic carbocycles. The van der Waals surface area contributed by atoms with Crippen LogP contribution in [0.4, 0.5) is 0 Å². The van der Waals surface area contributed by atoms with Gasteiger partial charge in [-0.25, -0.2) is 0 Å². The van der Waals surface area contributed by atoms with Crippen LogP contribution in [-0.2, 0) is 4.79 Å².